The first-order valence-electron chi connectivity index (χ1n) is 7.33. The maximum atomic E-state index is 13.2. The van der Waals surface area contributed by atoms with Gasteiger partial charge in [0.25, 0.3) is 0 Å². The molecular formula is C17H17Cl2F2NO2. The van der Waals surface area contributed by atoms with Crippen molar-refractivity contribution in [2.24, 2.45) is 0 Å². The molecule has 1 unspecified atom stereocenters. The van der Waals surface area contributed by atoms with Crippen molar-refractivity contribution in [2.75, 3.05) is 19.7 Å². The molecule has 0 amide bonds. The largest absolute Gasteiger partial charge is 0.481 e. The van der Waals surface area contributed by atoms with E-state index >= 15 is 0 Å². The van der Waals surface area contributed by atoms with Gasteiger partial charge in [0.05, 0.1) is 11.6 Å². The van der Waals surface area contributed by atoms with Gasteiger partial charge in [-0.25, -0.2) is 8.78 Å². The number of rotatable bonds is 4. The Hall–Kier alpha value is -1.40. The second-order valence-corrected chi connectivity index (χ2v) is 5.69. The van der Waals surface area contributed by atoms with Gasteiger partial charge in [0.15, 0.2) is 6.10 Å². The van der Waals surface area contributed by atoms with Crippen LogP contribution < -0.4 is 10.1 Å². The molecule has 1 aliphatic heterocycles. The molecule has 2 aromatic carbocycles. The number of hydrogen-bond donors (Lipinski definition) is 1. The zero-order valence-electron chi connectivity index (χ0n) is 12.7. The van der Waals surface area contributed by atoms with Gasteiger partial charge in [-0.1, -0.05) is 23.7 Å². The Kier molecular flexibility index (Phi) is 6.80. The number of ether oxygens (including phenoxy) is 2. The van der Waals surface area contributed by atoms with Gasteiger partial charge in [-0.05, 0) is 35.9 Å². The molecule has 0 saturated carbocycles. The SMILES string of the molecule is Cl.Fc1ccc(C(Oc2ccc(F)cc2Cl)[C@@H]2CNCCO2)cc1. The minimum Gasteiger partial charge on any atom is -0.481 e. The normalized spacial score (nSPS) is 18.5. The summed E-state index contributed by atoms with van der Waals surface area (Å²) in [5.74, 6) is -0.400. The van der Waals surface area contributed by atoms with Crippen LogP contribution in [0.25, 0.3) is 0 Å². The average molecular weight is 376 g/mol. The minimum atomic E-state index is -0.480. The van der Waals surface area contributed by atoms with E-state index in [0.717, 1.165) is 12.1 Å². The van der Waals surface area contributed by atoms with Crippen LogP contribution in [0, 0.1) is 11.6 Å². The summed E-state index contributed by atoms with van der Waals surface area (Å²) in [4.78, 5) is 0. The van der Waals surface area contributed by atoms with Gasteiger partial charge >= 0.3 is 0 Å². The lowest BCUT2D eigenvalue weighted by atomic mass is 10.0. The lowest BCUT2D eigenvalue weighted by Gasteiger charge is -2.31. The van der Waals surface area contributed by atoms with E-state index in [-0.39, 0.29) is 29.4 Å². The summed E-state index contributed by atoms with van der Waals surface area (Å²) in [6.45, 7) is 1.92. The molecule has 2 aromatic rings. The molecule has 7 heteroatoms. The van der Waals surface area contributed by atoms with Gasteiger partial charge in [0, 0.05) is 13.1 Å². The van der Waals surface area contributed by atoms with Crippen LogP contribution in [0.2, 0.25) is 5.02 Å². The molecular weight excluding hydrogens is 359 g/mol. The first kappa shape index (κ1) is 18.9. The van der Waals surface area contributed by atoms with E-state index in [9.17, 15) is 8.78 Å². The molecule has 3 nitrogen and oxygen atoms in total. The fourth-order valence-electron chi connectivity index (χ4n) is 2.50. The van der Waals surface area contributed by atoms with Gasteiger partial charge in [-0.15, -0.1) is 12.4 Å². The van der Waals surface area contributed by atoms with E-state index < -0.39 is 11.9 Å². The van der Waals surface area contributed by atoms with Crippen LogP contribution in [0.1, 0.15) is 11.7 Å². The summed E-state index contributed by atoms with van der Waals surface area (Å²) >= 11 is 6.04. The second-order valence-electron chi connectivity index (χ2n) is 5.28. The van der Waals surface area contributed by atoms with Crippen molar-refractivity contribution in [1.82, 2.24) is 5.32 Å². The molecule has 1 aliphatic rings. The zero-order chi connectivity index (χ0) is 16.2. The van der Waals surface area contributed by atoms with Gasteiger partial charge in [-0.3, -0.25) is 0 Å². The van der Waals surface area contributed by atoms with Gasteiger partial charge in [0.2, 0.25) is 0 Å². The topological polar surface area (TPSA) is 30.5 Å². The minimum absolute atomic E-state index is 0. The number of benzene rings is 2. The van der Waals surface area contributed by atoms with Gasteiger partial charge in [0.1, 0.15) is 23.5 Å². The van der Waals surface area contributed by atoms with Crippen molar-refractivity contribution < 1.29 is 18.3 Å². The Morgan fingerprint density at radius 3 is 2.46 bits per heavy atom. The zero-order valence-corrected chi connectivity index (χ0v) is 14.2. The van der Waals surface area contributed by atoms with Crippen molar-refractivity contribution in [2.45, 2.75) is 12.2 Å². The lowest BCUT2D eigenvalue weighted by Crippen LogP contribution is -2.43. The summed E-state index contributed by atoms with van der Waals surface area (Å²) in [5.41, 5.74) is 0.764. The Morgan fingerprint density at radius 1 is 1.12 bits per heavy atom. The number of nitrogens with one attached hydrogen (secondary N) is 1. The van der Waals surface area contributed by atoms with Gasteiger partial charge < -0.3 is 14.8 Å². The van der Waals surface area contributed by atoms with Crippen molar-refractivity contribution >= 4 is 24.0 Å². The number of hydrogen-bond acceptors (Lipinski definition) is 3. The lowest BCUT2D eigenvalue weighted by molar-refractivity contribution is -0.0432. The smallest absolute Gasteiger partial charge is 0.151 e. The number of halogens is 4. The van der Waals surface area contributed by atoms with Crippen LogP contribution in [0.4, 0.5) is 8.78 Å². The van der Waals surface area contributed by atoms with Crippen molar-refractivity contribution in [3.63, 3.8) is 0 Å². The van der Waals surface area contributed by atoms with Crippen LogP contribution in [-0.4, -0.2) is 25.8 Å². The molecule has 0 aliphatic carbocycles. The third-order valence-electron chi connectivity index (χ3n) is 3.64. The van der Waals surface area contributed by atoms with Crippen LogP contribution in [0.3, 0.4) is 0 Å². The van der Waals surface area contributed by atoms with Crippen molar-refractivity contribution in [1.29, 1.82) is 0 Å². The van der Waals surface area contributed by atoms with E-state index in [1.54, 1.807) is 12.1 Å². The molecule has 0 bridgehead atoms. The molecule has 0 spiro atoms. The van der Waals surface area contributed by atoms with E-state index in [1.807, 2.05) is 0 Å². The second kappa shape index (κ2) is 8.62. The molecule has 1 saturated heterocycles. The highest BCUT2D eigenvalue weighted by molar-refractivity contribution is 6.32. The highest BCUT2D eigenvalue weighted by Crippen LogP contribution is 2.32. The Labute approximate surface area is 150 Å². The van der Waals surface area contributed by atoms with Crippen LogP contribution in [0.5, 0.6) is 5.75 Å². The summed E-state index contributed by atoms with van der Waals surface area (Å²) in [5, 5.41) is 3.42. The molecule has 3 rings (SSSR count). The van der Waals surface area contributed by atoms with E-state index in [4.69, 9.17) is 21.1 Å². The third kappa shape index (κ3) is 4.57. The summed E-state index contributed by atoms with van der Waals surface area (Å²) in [6, 6.07) is 9.99. The van der Waals surface area contributed by atoms with Crippen LogP contribution in [-0.2, 0) is 4.74 Å². The summed E-state index contributed by atoms with van der Waals surface area (Å²) < 4.78 is 38.1. The average Bonchev–Trinajstić information content (AvgIpc) is 2.56. The van der Waals surface area contributed by atoms with Crippen LogP contribution >= 0.6 is 24.0 Å². The highest BCUT2D eigenvalue weighted by Gasteiger charge is 2.28. The van der Waals surface area contributed by atoms with E-state index in [1.165, 1.54) is 30.3 Å². The quantitative estimate of drug-likeness (QED) is 0.870. The monoisotopic (exact) mass is 375 g/mol. The first-order chi connectivity index (χ1) is 11.1. The predicted octanol–water partition coefficient (Wildman–Crippen LogP) is 4.15. The molecule has 0 aromatic heterocycles. The van der Waals surface area contributed by atoms with E-state index in [0.29, 0.717) is 18.9 Å². The molecule has 2 atom stereocenters. The highest BCUT2D eigenvalue weighted by atomic mass is 35.5. The van der Waals surface area contributed by atoms with Gasteiger partial charge in [-0.2, -0.15) is 0 Å². The Morgan fingerprint density at radius 2 is 1.83 bits per heavy atom. The number of morpholine rings is 1. The molecule has 1 heterocycles. The van der Waals surface area contributed by atoms with Crippen LogP contribution in [0.15, 0.2) is 42.5 Å². The standard InChI is InChI=1S/C17H16ClF2NO2.ClH/c18-14-9-13(20)5-6-15(14)23-17(16-10-21-7-8-22-16)11-1-3-12(19)4-2-11;/h1-6,9,16-17,21H,7-8,10H2;1H/t16-,17?;/m0./s1. The first-order valence-corrected chi connectivity index (χ1v) is 7.71. The Balaban J connectivity index is 0.00000208. The molecule has 130 valence electrons. The molecule has 1 N–H and O–H groups in total. The fourth-order valence-corrected chi connectivity index (χ4v) is 2.71. The summed E-state index contributed by atoms with van der Waals surface area (Å²) in [7, 11) is 0. The Bertz CT molecular complexity index is 664. The molecule has 0 radical (unpaired) electrons. The maximum Gasteiger partial charge on any atom is 0.151 e. The van der Waals surface area contributed by atoms with E-state index in [2.05, 4.69) is 5.32 Å². The molecule has 1 fully saturated rings. The van der Waals surface area contributed by atoms with Crippen molar-refractivity contribution in [3.8, 4) is 5.75 Å². The maximum absolute atomic E-state index is 13.2. The predicted molar refractivity (Wildman–Crippen MR) is 91.0 cm³/mol. The third-order valence-corrected chi connectivity index (χ3v) is 3.94. The fraction of sp³-hybridized carbons (Fsp3) is 0.294. The summed E-state index contributed by atoms with van der Waals surface area (Å²) in [6.07, 6.45) is -0.735. The molecule has 24 heavy (non-hydrogen) atoms. The van der Waals surface area contributed by atoms with Crippen molar-refractivity contribution in [3.05, 3.63) is 64.7 Å².